The maximum atomic E-state index is 13.4. The van der Waals surface area contributed by atoms with Crippen molar-refractivity contribution in [1.82, 2.24) is 15.1 Å². The zero-order valence-corrected chi connectivity index (χ0v) is 11.2. The largest absolute Gasteiger partial charge is 0.308 e. The van der Waals surface area contributed by atoms with Crippen LogP contribution in [0.25, 0.3) is 0 Å². The van der Waals surface area contributed by atoms with E-state index in [-0.39, 0.29) is 11.9 Å². The van der Waals surface area contributed by atoms with Gasteiger partial charge < -0.3 is 5.32 Å². The Hall–Kier alpha value is -1.20. The van der Waals surface area contributed by atoms with Gasteiger partial charge >= 0.3 is 0 Å². The van der Waals surface area contributed by atoms with Gasteiger partial charge in [0.15, 0.2) is 0 Å². The summed E-state index contributed by atoms with van der Waals surface area (Å²) in [5, 5.41) is 7.47. The normalized spacial score (nSPS) is 12.7. The second kappa shape index (κ2) is 4.98. The first-order chi connectivity index (χ1) is 8.10. The summed E-state index contributed by atoms with van der Waals surface area (Å²) in [6, 6.07) is 6.65. The van der Waals surface area contributed by atoms with Gasteiger partial charge in [0.2, 0.25) is 0 Å². The summed E-state index contributed by atoms with van der Waals surface area (Å²) in [5.74, 6) is -0.259. The SMILES string of the molecule is CNC(c1cc(F)cc(Br)c1)c1ccn(C)n1. The number of hydrogen-bond acceptors (Lipinski definition) is 2. The molecular weight excluding hydrogens is 285 g/mol. The number of hydrogen-bond donors (Lipinski definition) is 1. The van der Waals surface area contributed by atoms with E-state index in [4.69, 9.17) is 0 Å². The van der Waals surface area contributed by atoms with E-state index < -0.39 is 0 Å². The fraction of sp³-hybridized carbons (Fsp3) is 0.250. The molecule has 0 saturated heterocycles. The Bertz CT molecular complexity index is 504. The van der Waals surface area contributed by atoms with E-state index >= 15 is 0 Å². The van der Waals surface area contributed by atoms with Crippen molar-refractivity contribution >= 4 is 15.9 Å². The van der Waals surface area contributed by atoms with Crippen molar-refractivity contribution < 1.29 is 4.39 Å². The minimum Gasteiger partial charge on any atom is -0.308 e. The summed E-state index contributed by atoms with van der Waals surface area (Å²) in [6.07, 6.45) is 1.87. The van der Waals surface area contributed by atoms with Gasteiger partial charge in [-0.3, -0.25) is 4.68 Å². The Kier molecular flexibility index (Phi) is 3.59. The lowest BCUT2D eigenvalue weighted by molar-refractivity contribution is 0.607. The predicted molar refractivity (Wildman–Crippen MR) is 68.2 cm³/mol. The standard InChI is InChI=1S/C12H13BrFN3/c1-15-12(11-3-4-17(2)16-11)8-5-9(13)7-10(14)6-8/h3-7,12,15H,1-2H3. The second-order valence-electron chi connectivity index (χ2n) is 3.84. The smallest absolute Gasteiger partial charge is 0.124 e. The number of benzene rings is 1. The first-order valence-corrected chi connectivity index (χ1v) is 6.02. The van der Waals surface area contributed by atoms with Gasteiger partial charge in [0.1, 0.15) is 5.82 Å². The molecule has 1 heterocycles. The fourth-order valence-electron chi connectivity index (χ4n) is 1.81. The Morgan fingerprint density at radius 1 is 1.41 bits per heavy atom. The maximum Gasteiger partial charge on any atom is 0.124 e. The first kappa shape index (κ1) is 12.3. The third-order valence-electron chi connectivity index (χ3n) is 2.54. The molecule has 5 heteroatoms. The quantitative estimate of drug-likeness (QED) is 0.944. The number of aryl methyl sites for hydroxylation is 1. The molecule has 1 unspecified atom stereocenters. The van der Waals surface area contributed by atoms with Crippen LogP contribution >= 0.6 is 15.9 Å². The third kappa shape index (κ3) is 2.73. The molecule has 0 aliphatic heterocycles. The molecule has 0 spiro atoms. The van der Waals surface area contributed by atoms with Crippen molar-refractivity contribution in [2.45, 2.75) is 6.04 Å². The van der Waals surface area contributed by atoms with Gasteiger partial charge in [0, 0.05) is 17.7 Å². The molecule has 1 aromatic heterocycles. The van der Waals surface area contributed by atoms with Crippen molar-refractivity contribution in [2.75, 3.05) is 7.05 Å². The molecule has 0 aliphatic carbocycles. The van der Waals surface area contributed by atoms with Gasteiger partial charge in [0.05, 0.1) is 11.7 Å². The highest BCUT2D eigenvalue weighted by Gasteiger charge is 2.15. The van der Waals surface area contributed by atoms with Crippen molar-refractivity contribution in [2.24, 2.45) is 7.05 Å². The molecule has 90 valence electrons. The van der Waals surface area contributed by atoms with E-state index in [0.717, 1.165) is 15.7 Å². The van der Waals surface area contributed by atoms with Gasteiger partial charge in [-0.1, -0.05) is 15.9 Å². The summed E-state index contributed by atoms with van der Waals surface area (Å²) in [6.45, 7) is 0. The van der Waals surface area contributed by atoms with Crippen molar-refractivity contribution in [3.05, 3.63) is 52.0 Å². The summed E-state index contributed by atoms with van der Waals surface area (Å²) in [5.41, 5.74) is 1.71. The van der Waals surface area contributed by atoms with E-state index in [1.165, 1.54) is 12.1 Å². The number of nitrogens with zero attached hydrogens (tertiary/aromatic N) is 2. The van der Waals surface area contributed by atoms with Crippen LogP contribution in [-0.2, 0) is 7.05 Å². The maximum absolute atomic E-state index is 13.4. The minimum atomic E-state index is -0.259. The molecule has 0 fully saturated rings. The highest BCUT2D eigenvalue weighted by molar-refractivity contribution is 9.10. The number of rotatable bonds is 3. The molecular formula is C12H13BrFN3. The Balaban J connectivity index is 2.41. The molecule has 0 bridgehead atoms. The van der Waals surface area contributed by atoms with Crippen LogP contribution in [0.15, 0.2) is 34.9 Å². The van der Waals surface area contributed by atoms with Crippen LogP contribution in [0.1, 0.15) is 17.3 Å². The number of halogens is 2. The summed E-state index contributed by atoms with van der Waals surface area (Å²) < 4.78 is 15.8. The molecule has 2 rings (SSSR count). The van der Waals surface area contributed by atoms with Crippen LogP contribution in [-0.4, -0.2) is 16.8 Å². The van der Waals surface area contributed by atoms with Crippen molar-refractivity contribution in [3.8, 4) is 0 Å². The molecule has 17 heavy (non-hydrogen) atoms. The molecule has 1 N–H and O–H groups in total. The van der Waals surface area contributed by atoms with Crippen LogP contribution in [0.3, 0.4) is 0 Å². The topological polar surface area (TPSA) is 29.9 Å². The summed E-state index contributed by atoms with van der Waals surface area (Å²) in [7, 11) is 3.69. The Morgan fingerprint density at radius 2 is 2.18 bits per heavy atom. The highest BCUT2D eigenvalue weighted by Crippen LogP contribution is 2.24. The molecule has 0 amide bonds. The lowest BCUT2D eigenvalue weighted by Gasteiger charge is -2.14. The van der Waals surface area contributed by atoms with Gasteiger partial charge in [-0.2, -0.15) is 5.10 Å². The highest BCUT2D eigenvalue weighted by atomic mass is 79.9. The molecule has 0 radical (unpaired) electrons. The zero-order chi connectivity index (χ0) is 12.4. The third-order valence-corrected chi connectivity index (χ3v) is 2.99. The lowest BCUT2D eigenvalue weighted by Crippen LogP contribution is -2.18. The van der Waals surface area contributed by atoms with Gasteiger partial charge in [-0.15, -0.1) is 0 Å². The average Bonchev–Trinajstić information content (AvgIpc) is 2.64. The Labute approximate surface area is 108 Å². The fourth-order valence-corrected chi connectivity index (χ4v) is 2.30. The minimum absolute atomic E-state index is 0.108. The molecule has 2 aromatic rings. The van der Waals surface area contributed by atoms with Crippen molar-refractivity contribution in [1.29, 1.82) is 0 Å². The Morgan fingerprint density at radius 3 is 2.71 bits per heavy atom. The van der Waals surface area contributed by atoms with Gasteiger partial charge in [0.25, 0.3) is 0 Å². The van der Waals surface area contributed by atoms with E-state index in [2.05, 4.69) is 26.3 Å². The van der Waals surface area contributed by atoms with E-state index in [1.807, 2.05) is 32.4 Å². The van der Waals surface area contributed by atoms with E-state index in [9.17, 15) is 4.39 Å². The van der Waals surface area contributed by atoms with Crippen LogP contribution in [0.4, 0.5) is 4.39 Å². The number of aromatic nitrogens is 2. The van der Waals surface area contributed by atoms with Crippen LogP contribution in [0.2, 0.25) is 0 Å². The molecule has 3 nitrogen and oxygen atoms in total. The van der Waals surface area contributed by atoms with Crippen LogP contribution < -0.4 is 5.32 Å². The summed E-state index contributed by atoms with van der Waals surface area (Å²) in [4.78, 5) is 0. The van der Waals surface area contributed by atoms with Crippen molar-refractivity contribution in [3.63, 3.8) is 0 Å². The second-order valence-corrected chi connectivity index (χ2v) is 4.75. The van der Waals surface area contributed by atoms with Crippen LogP contribution in [0.5, 0.6) is 0 Å². The molecule has 0 saturated carbocycles. The molecule has 1 aromatic carbocycles. The van der Waals surface area contributed by atoms with E-state index in [0.29, 0.717) is 0 Å². The van der Waals surface area contributed by atoms with Crippen LogP contribution in [0, 0.1) is 5.82 Å². The zero-order valence-electron chi connectivity index (χ0n) is 9.61. The van der Waals surface area contributed by atoms with Gasteiger partial charge in [-0.05, 0) is 36.9 Å². The number of nitrogens with one attached hydrogen (secondary N) is 1. The lowest BCUT2D eigenvalue weighted by atomic mass is 10.0. The average molecular weight is 298 g/mol. The monoisotopic (exact) mass is 297 g/mol. The van der Waals surface area contributed by atoms with E-state index in [1.54, 1.807) is 4.68 Å². The first-order valence-electron chi connectivity index (χ1n) is 5.23. The summed E-state index contributed by atoms with van der Waals surface area (Å²) >= 11 is 3.29. The molecule has 0 aliphatic rings. The molecule has 1 atom stereocenters. The van der Waals surface area contributed by atoms with Gasteiger partial charge in [-0.25, -0.2) is 4.39 Å². The predicted octanol–water partition coefficient (Wildman–Crippen LogP) is 2.63.